The fourth-order valence-electron chi connectivity index (χ4n) is 2.68. The molecule has 0 bridgehead atoms. The van der Waals surface area contributed by atoms with Crippen LogP contribution in [0.4, 0.5) is 4.79 Å². The van der Waals surface area contributed by atoms with Gasteiger partial charge in [-0.05, 0) is 32.4 Å². The predicted molar refractivity (Wildman–Crippen MR) is 99.7 cm³/mol. The zero-order chi connectivity index (χ0) is 18.7. The molecule has 0 aliphatic heterocycles. The predicted octanol–water partition coefficient (Wildman–Crippen LogP) is 4.82. The molecule has 0 saturated heterocycles. The lowest BCUT2D eigenvalue weighted by molar-refractivity contribution is 0.0543. The highest BCUT2D eigenvalue weighted by Gasteiger charge is 2.22. The molecule has 1 aromatic heterocycles. The van der Waals surface area contributed by atoms with Crippen LogP contribution in [0.1, 0.15) is 36.7 Å². The van der Waals surface area contributed by atoms with Gasteiger partial charge in [-0.25, -0.2) is 9.36 Å². The summed E-state index contributed by atoms with van der Waals surface area (Å²) in [6.07, 6.45) is 1.66. The number of benzene rings is 2. The molecule has 3 rings (SSSR count). The van der Waals surface area contributed by atoms with Gasteiger partial charge in [-0.15, -0.1) is 0 Å². The molecule has 26 heavy (non-hydrogen) atoms. The Morgan fingerprint density at radius 2 is 1.81 bits per heavy atom. The number of hydrogen-bond acceptors (Lipinski definition) is 4. The van der Waals surface area contributed by atoms with Crippen LogP contribution in [0.15, 0.2) is 54.7 Å². The number of aromatic nitrogens is 1. The Kier molecular flexibility index (Phi) is 4.80. The normalized spacial score (nSPS) is 11.3. The van der Waals surface area contributed by atoms with Gasteiger partial charge in [0.05, 0.1) is 0 Å². The summed E-state index contributed by atoms with van der Waals surface area (Å²) in [5.74, 6) is 0.519. The molecule has 0 saturated carbocycles. The Bertz CT molecular complexity index is 936. The molecular formula is C21H21NO4. The standard InChI is InChI=1S/C21H21NO4/c1-21(2,3)26-20(24)22-12-16(13-23)17-10-7-11-18(19(17)22)25-14-15-8-5-4-6-9-15/h4-13H,14H2,1-3H3. The van der Waals surface area contributed by atoms with E-state index >= 15 is 0 Å². The number of para-hydroxylation sites is 1. The lowest BCUT2D eigenvalue weighted by atomic mass is 10.2. The molecule has 5 nitrogen and oxygen atoms in total. The molecule has 134 valence electrons. The quantitative estimate of drug-likeness (QED) is 0.633. The molecule has 0 amide bonds. The average molecular weight is 351 g/mol. The first-order chi connectivity index (χ1) is 12.4. The molecule has 0 aliphatic carbocycles. The van der Waals surface area contributed by atoms with Crippen molar-refractivity contribution in [3.63, 3.8) is 0 Å². The summed E-state index contributed by atoms with van der Waals surface area (Å²) in [6.45, 7) is 5.74. The van der Waals surface area contributed by atoms with Crippen molar-refractivity contribution in [2.45, 2.75) is 33.0 Å². The minimum Gasteiger partial charge on any atom is -0.487 e. The van der Waals surface area contributed by atoms with E-state index < -0.39 is 11.7 Å². The van der Waals surface area contributed by atoms with Gasteiger partial charge < -0.3 is 9.47 Å². The van der Waals surface area contributed by atoms with Crippen molar-refractivity contribution >= 4 is 23.3 Å². The monoisotopic (exact) mass is 351 g/mol. The van der Waals surface area contributed by atoms with E-state index in [0.717, 1.165) is 11.8 Å². The van der Waals surface area contributed by atoms with Crippen molar-refractivity contribution < 1.29 is 19.1 Å². The highest BCUT2D eigenvalue weighted by Crippen LogP contribution is 2.30. The molecule has 2 aromatic carbocycles. The Labute approximate surface area is 152 Å². The van der Waals surface area contributed by atoms with E-state index in [1.807, 2.05) is 30.3 Å². The summed E-state index contributed by atoms with van der Waals surface area (Å²) in [6, 6.07) is 15.1. The molecule has 0 unspecified atom stereocenters. The average Bonchev–Trinajstić information content (AvgIpc) is 2.99. The maximum atomic E-state index is 12.6. The van der Waals surface area contributed by atoms with Gasteiger partial charge in [-0.2, -0.15) is 0 Å². The molecule has 0 N–H and O–H groups in total. The lowest BCUT2D eigenvalue weighted by Crippen LogP contribution is -2.26. The van der Waals surface area contributed by atoms with E-state index in [1.165, 1.54) is 10.8 Å². The third-order valence-corrected chi connectivity index (χ3v) is 3.77. The smallest absolute Gasteiger partial charge is 0.419 e. The van der Waals surface area contributed by atoms with Gasteiger partial charge in [0.15, 0.2) is 6.29 Å². The van der Waals surface area contributed by atoms with E-state index in [1.54, 1.807) is 39.0 Å². The van der Waals surface area contributed by atoms with Crippen LogP contribution in [0.2, 0.25) is 0 Å². The number of fused-ring (bicyclic) bond motifs is 1. The first kappa shape index (κ1) is 17.7. The largest absolute Gasteiger partial charge is 0.487 e. The zero-order valence-corrected chi connectivity index (χ0v) is 15.1. The van der Waals surface area contributed by atoms with E-state index in [9.17, 15) is 9.59 Å². The summed E-state index contributed by atoms with van der Waals surface area (Å²) in [7, 11) is 0. The summed E-state index contributed by atoms with van der Waals surface area (Å²) in [5, 5.41) is 0.649. The second kappa shape index (κ2) is 7.04. The van der Waals surface area contributed by atoms with Gasteiger partial charge in [0.25, 0.3) is 0 Å². The second-order valence-electron chi connectivity index (χ2n) is 6.98. The molecule has 0 radical (unpaired) electrons. The van der Waals surface area contributed by atoms with Crippen molar-refractivity contribution in [3.05, 3.63) is 65.9 Å². The number of aldehydes is 1. The van der Waals surface area contributed by atoms with Crippen molar-refractivity contribution in [2.75, 3.05) is 0 Å². The minimum atomic E-state index is -0.644. The van der Waals surface area contributed by atoms with Gasteiger partial charge in [0, 0.05) is 17.1 Å². The van der Waals surface area contributed by atoms with Crippen molar-refractivity contribution in [2.24, 2.45) is 0 Å². The third-order valence-electron chi connectivity index (χ3n) is 3.77. The topological polar surface area (TPSA) is 57.5 Å². The summed E-state index contributed by atoms with van der Waals surface area (Å²) in [5.41, 5.74) is 1.31. The van der Waals surface area contributed by atoms with Gasteiger partial charge in [-0.1, -0.05) is 42.5 Å². The number of carbonyl (C=O) groups is 2. The minimum absolute atomic E-state index is 0.357. The van der Waals surface area contributed by atoms with Crippen LogP contribution in [0, 0.1) is 0 Å². The maximum Gasteiger partial charge on any atom is 0.419 e. The van der Waals surface area contributed by atoms with E-state index in [4.69, 9.17) is 9.47 Å². The van der Waals surface area contributed by atoms with Gasteiger partial charge in [0.1, 0.15) is 23.5 Å². The maximum absolute atomic E-state index is 12.6. The highest BCUT2D eigenvalue weighted by molar-refractivity contribution is 6.03. The van der Waals surface area contributed by atoms with Gasteiger partial charge in [0.2, 0.25) is 0 Å². The Balaban J connectivity index is 2.02. The molecule has 5 heteroatoms. The van der Waals surface area contributed by atoms with E-state index in [2.05, 4.69) is 0 Å². The molecule has 0 spiro atoms. The van der Waals surface area contributed by atoms with Crippen molar-refractivity contribution in [3.8, 4) is 5.75 Å². The Morgan fingerprint density at radius 3 is 2.46 bits per heavy atom. The van der Waals surface area contributed by atoms with Crippen LogP contribution < -0.4 is 4.74 Å². The summed E-state index contributed by atoms with van der Waals surface area (Å²) < 4.78 is 12.7. The van der Waals surface area contributed by atoms with Crippen molar-refractivity contribution in [1.29, 1.82) is 0 Å². The first-order valence-corrected chi connectivity index (χ1v) is 8.38. The molecule has 0 aliphatic rings. The van der Waals surface area contributed by atoms with Crippen LogP contribution in [-0.2, 0) is 11.3 Å². The zero-order valence-electron chi connectivity index (χ0n) is 15.1. The third kappa shape index (κ3) is 3.77. The first-order valence-electron chi connectivity index (χ1n) is 8.38. The molecule has 0 fully saturated rings. The number of ether oxygens (including phenoxy) is 2. The number of nitrogens with zero attached hydrogens (tertiary/aromatic N) is 1. The second-order valence-corrected chi connectivity index (χ2v) is 6.98. The summed E-state index contributed by atoms with van der Waals surface area (Å²) in [4.78, 5) is 24.0. The number of rotatable bonds is 4. The molecule has 3 aromatic rings. The van der Waals surface area contributed by atoms with Crippen LogP contribution in [0.5, 0.6) is 5.75 Å². The molecule has 1 heterocycles. The number of carbonyl (C=O) groups excluding carboxylic acids is 2. The Hall–Kier alpha value is -3.08. The van der Waals surface area contributed by atoms with E-state index in [-0.39, 0.29) is 0 Å². The highest BCUT2D eigenvalue weighted by atomic mass is 16.6. The number of hydrogen-bond donors (Lipinski definition) is 0. The van der Waals surface area contributed by atoms with Crippen LogP contribution in [0.3, 0.4) is 0 Å². The van der Waals surface area contributed by atoms with Crippen LogP contribution >= 0.6 is 0 Å². The SMILES string of the molecule is CC(C)(C)OC(=O)n1cc(C=O)c2cccc(OCc3ccccc3)c21. The van der Waals surface area contributed by atoms with Crippen molar-refractivity contribution in [1.82, 2.24) is 4.57 Å². The van der Waals surface area contributed by atoms with Crippen LogP contribution in [0.25, 0.3) is 10.9 Å². The van der Waals surface area contributed by atoms with Gasteiger partial charge in [-0.3, -0.25) is 4.79 Å². The van der Waals surface area contributed by atoms with Crippen LogP contribution in [-0.4, -0.2) is 22.5 Å². The molecular weight excluding hydrogens is 330 g/mol. The fourth-order valence-corrected chi connectivity index (χ4v) is 2.68. The lowest BCUT2D eigenvalue weighted by Gasteiger charge is -2.20. The summed E-state index contributed by atoms with van der Waals surface area (Å²) >= 11 is 0. The van der Waals surface area contributed by atoms with E-state index in [0.29, 0.717) is 28.8 Å². The molecule has 0 atom stereocenters. The van der Waals surface area contributed by atoms with Gasteiger partial charge >= 0.3 is 6.09 Å². The fraction of sp³-hybridized carbons (Fsp3) is 0.238. The Morgan fingerprint density at radius 1 is 1.08 bits per heavy atom.